The molecule has 1 unspecified atom stereocenters. The monoisotopic (exact) mass is 667 g/mol. The van der Waals surface area contributed by atoms with Gasteiger partial charge in [-0.05, 0) is 97.7 Å². The minimum Gasteiger partial charge on any atom is -0.0895 e. The van der Waals surface area contributed by atoms with Crippen molar-refractivity contribution in [3.05, 3.63) is 173 Å². The molecule has 0 saturated heterocycles. The van der Waals surface area contributed by atoms with Crippen molar-refractivity contribution in [2.45, 2.75) is 44.9 Å². The Morgan fingerprint density at radius 1 is 0.596 bits per heavy atom. The van der Waals surface area contributed by atoms with Gasteiger partial charge in [-0.3, -0.25) is 0 Å². The third-order valence-corrected chi connectivity index (χ3v) is 12.2. The first-order valence-corrected chi connectivity index (χ1v) is 18.9. The predicted molar refractivity (Wildman–Crippen MR) is 207 cm³/mol. The Morgan fingerprint density at radius 3 is 1.60 bits per heavy atom. The summed E-state index contributed by atoms with van der Waals surface area (Å²) < 4.78 is 0. The van der Waals surface area contributed by atoms with Crippen molar-refractivity contribution in [1.29, 1.82) is 0 Å². The molecule has 1 aromatic heterocycles. The Hall–Kier alpha value is -3.69. The molecule has 2 heterocycles. The van der Waals surface area contributed by atoms with Crippen LogP contribution in [-0.2, 0) is 6.42 Å². The van der Waals surface area contributed by atoms with Crippen LogP contribution in [0.4, 0.5) is 0 Å². The van der Waals surface area contributed by atoms with E-state index < -0.39 is 0 Å². The molecule has 1 aliphatic heterocycles. The van der Waals surface area contributed by atoms with Crippen LogP contribution in [0.5, 0.6) is 0 Å². The summed E-state index contributed by atoms with van der Waals surface area (Å²) in [5.74, 6) is 0.852. The SMILES string of the molecule is ClC1=C(CCc2cc(-c3ccccc3)[s+]c(-c3ccccc3)c2)CCCC1CCC1C=C(c2ccccc2)SC(c2ccccc2)=C1. The Bertz CT molecular complexity index is 1760. The molecular formula is C44H40ClS2+. The van der Waals surface area contributed by atoms with Crippen LogP contribution < -0.4 is 0 Å². The summed E-state index contributed by atoms with van der Waals surface area (Å²) in [6.45, 7) is 0. The van der Waals surface area contributed by atoms with Gasteiger partial charge >= 0.3 is 0 Å². The Labute approximate surface area is 293 Å². The van der Waals surface area contributed by atoms with Gasteiger partial charge in [-0.25, -0.2) is 0 Å². The third kappa shape index (κ3) is 8.07. The zero-order valence-electron chi connectivity index (χ0n) is 26.7. The summed E-state index contributed by atoms with van der Waals surface area (Å²) >= 11 is 11.1. The topological polar surface area (TPSA) is 0 Å². The number of rotatable bonds is 10. The van der Waals surface area contributed by atoms with Gasteiger partial charge in [-0.15, -0.1) is 0 Å². The molecule has 2 aliphatic rings. The van der Waals surface area contributed by atoms with E-state index in [1.807, 2.05) is 23.1 Å². The standard InChI is InChI=1S/C44H40ClS2/c45-44-38(26-24-32-28-40(34-14-5-1-6-15-34)46-41(29-32)35-16-7-2-8-17-35)22-13-23-39(44)27-25-33-30-42(36-18-9-3-10-19-36)47-43(31-33)37-20-11-4-12-21-37/h1-12,14-21,28-32,38H,13,22-27H2/q+1. The third-order valence-electron chi connectivity index (χ3n) is 9.33. The van der Waals surface area contributed by atoms with Gasteiger partial charge < -0.3 is 0 Å². The maximum absolute atomic E-state index is 7.28. The molecular weight excluding hydrogens is 628 g/mol. The zero-order valence-corrected chi connectivity index (χ0v) is 29.0. The molecule has 0 bridgehead atoms. The molecule has 0 amide bonds. The largest absolute Gasteiger partial charge is 0.239 e. The second-order valence-electron chi connectivity index (χ2n) is 12.6. The van der Waals surface area contributed by atoms with Gasteiger partial charge in [-0.2, -0.15) is 0 Å². The summed E-state index contributed by atoms with van der Waals surface area (Å²) in [7, 11) is 0. The lowest BCUT2D eigenvalue weighted by Gasteiger charge is -2.27. The molecule has 0 radical (unpaired) electrons. The molecule has 5 aromatic rings. The quantitative estimate of drug-likeness (QED) is 0.134. The predicted octanol–water partition coefficient (Wildman–Crippen LogP) is 13.8. The molecule has 234 valence electrons. The van der Waals surface area contributed by atoms with E-state index in [1.54, 1.807) is 0 Å². The summed E-state index contributed by atoms with van der Waals surface area (Å²) in [5.41, 5.74) is 8.02. The van der Waals surface area contributed by atoms with Crippen LogP contribution in [0.15, 0.2) is 156 Å². The lowest BCUT2D eigenvalue weighted by Crippen LogP contribution is -2.12. The van der Waals surface area contributed by atoms with Gasteiger partial charge in [0.15, 0.2) is 0 Å². The van der Waals surface area contributed by atoms with Gasteiger partial charge in [0.2, 0.25) is 21.1 Å². The highest BCUT2D eigenvalue weighted by Gasteiger charge is 2.25. The highest BCUT2D eigenvalue weighted by Crippen LogP contribution is 2.46. The fraction of sp³-hybridized carbons (Fsp3) is 0.205. The first-order chi connectivity index (χ1) is 23.2. The van der Waals surface area contributed by atoms with E-state index >= 15 is 0 Å². The number of hydrogen-bond acceptors (Lipinski definition) is 1. The zero-order chi connectivity index (χ0) is 31.8. The Kier molecular flexibility index (Phi) is 10.5. The fourth-order valence-electron chi connectivity index (χ4n) is 6.80. The van der Waals surface area contributed by atoms with Gasteiger partial charge in [0.25, 0.3) is 0 Å². The van der Waals surface area contributed by atoms with Crippen molar-refractivity contribution in [2.24, 2.45) is 11.8 Å². The molecule has 0 saturated carbocycles. The van der Waals surface area contributed by atoms with Crippen LogP contribution in [0.1, 0.15) is 55.2 Å². The van der Waals surface area contributed by atoms with E-state index in [0.717, 1.165) is 37.1 Å². The number of halogens is 1. The van der Waals surface area contributed by atoms with Crippen molar-refractivity contribution < 1.29 is 0 Å². The number of aryl methyl sites for hydroxylation is 1. The van der Waals surface area contributed by atoms with Gasteiger partial charge in [-0.1, -0.05) is 138 Å². The highest BCUT2D eigenvalue weighted by atomic mass is 35.5. The molecule has 4 aromatic carbocycles. The Morgan fingerprint density at radius 2 is 1.09 bits per heavy atom. The van der Waals surface area contributed by atoms with Crippen LogP contribution in [0.25, 0.3) is 30.7 Å². The minimum atomic E-state index is 0.398. The molecule has 47 heavy (non-hydrogen) atoms. The minimum absolute atomic E-state index is 0.398. The second-order valence-corrected chi connectivity index (χ2v) is 15.2. The normalized spacial score (nSPS) is 16.9. The van der Waals surface area contributed by atoms with Crippen LogP contribution in [0, 0.1) is 11.8 Å². The second kappa shape index (κ2) is 15.5. The van der Waals surface area contributed by atoms with E-state index in [1.165, 1.54) is 65.8 Å². The molecule has 0 fully saturated rings. The van der Waals surface area contributed by atoms with Gasteiger partial charge in [0.05, 0.1) is 0 Å². The molecule has 0 N–H and O–H groups in total. The average Bonchev–Trinajstić information content (AvgIpc) is 3.15. The number of thioether (sulfide) groups is 1. The van der Waals surface area contributed by atoms with Crippen molar-refractivity contribution in [1.82, 2.24) is 0 Å². The summed E-state index contributed by atoms with van der Waals surface area (Å²) in [4.78, 5) is 5.35. The fourth-order valence-corrected chi connectivity index (χ4v) is 9.60. The van der Waals surface area contributed by atoms with E-state index in [4.69, 9.17) is 11.6 Å². The summed E-state index contributed by atoms with van der Waals surface area (Å²) in [6, 6.07) is 48.1. The van der Waals surface area contributed by atoms with E-state index in [2.05, 4.69) is 146 Å². The average molecular weight is 668 g/mol. The van der Waals surface area contributed by atoms with Crippen molar-refractivity contribution in [2.75, 3.05) is 0 Å². The molecule has 0 spiro atoms. The molecule has 1 atom stereocenters. The number of hydrogen-bond donors (Lipinski definition) is 0. The first-order valence-electron chi connectivity index (χ1n) is 16.9. The first kappa shape index (κ1) is 31.9. The van der Waals surface area contributed by atoms with Crippen LogP contribution >= 0.6 is 34.7 Å². The van der Waals surface area contributed by atoms with E-state index in [-0.39, 0.29) is 0 Å². The Balaban J connectivity index is 1.08. The molecule has 0 nitrogen and oxygen atoms in total. The van der Waals surface area contributed by atoms with Crippen molar-refractivity contribution in [3.8, 4) is 20.9 Å². The summed E-state index contributed by atoms with van der Waals surface area (Å²) in [6.07, 6.45) is 12.8. The van der Waals surface area contributed by atoms with Gasteiger partial charge in [0.1, 0.15) is 0 Å². The smallest absolute Gasteiger partial charge is 0.0895 e. The lowest BCUT2D eigenvalue weighted by molar-refractivity contribution is 0.450. The van der Waals surface area contributed by atoms with Crippen molar-refractivity contribution in [3.63, 3.8) is 0 Å². The maximum atomic E-state index is 7.28. The van der Waals surface area contributed by atoms with Crippen LogP contribution in [0.3, 0.4) is 0 Å². The van der Waals surface area contributed by atoms with E-state index in [9.17, 15) is 0 Å². The maximum Gasteiger partial charge on any atom is 0.239 e. The van der Waals surface area contributed by atoms with E-state index in [0.29, 0.717) is 11.8 Å². The highest BCUT2D eigenvalue weighted by molar-refractivity contribution is 8.16. The van der Waals surface area contributed by atoms with Crippen LogP contribution in [-0.4, -0.2) is 0 Å². The van der Waals surface area contributed by atoms with Crippen molar-refractivity contribution >= 4 is 44.5 Å². The number of benzene rings is 4. The summed E-state index contributed by atoms with van der Waals surface area (Å²) in [5, 5.41) is 1.14. The number of allylic oxidation sites excluding steroid dienone is 4. The molecule has 7 rings (SSSR count). The molecule has 3 heteroatoms. The van der Waals surface area contributed by atoms with Crippen LogP contribution in [0.2, 0.25) is 0 Å². The van der Waals surface area contributed by atoms with Gasteiger partial charge in [0, 0.05) is 38.1 Å². The lowest BCUT2D eigenvalue weighted by atomic mass is 9.83. The molecule has 1 aliphatic carbocycles.